The SMILES string of the molecule is COc1cc(-c2noc(CCC(=O)NC(C)C)n2)cc(OC)c1OC. The molecule has 2 aromatic rings. The van der Waals surface area contributed by atoms with Gasteiger partial charge in [0.15, 0.2) is 11.5 Å². The zero-order valence-corrected chi connectivity index (χ0v) is 15.1. The van der Waals surface area contributed by atoms with Crippen LogP contribution >= 0.6 is 0 Å². The summed E-state index contributed by atoms with van der Waals surface area (Å²) in [6, 6.07) is 3.58. The van der Waals surface area contributed by atoms with Gasteiger partial charge in [0, 0.05) is 24.4 Å². The number of carbonyl (C=O) groups excluding carboxylic acids is 1. The molecule has 8 heteroatoms. The van der Waals surface area contributed by atoms with Gasteiger partial charge >= 0.3 is 0 Å². The van der Waals surface area contributed by atoms with Crippen LogP contribution in [0.4, 0.5) is 0 Å². The first kappa shape index (κ1) is 18.6. The molecule has 0 aliphatic heterocycles. The van der Waals surface area contributed by atoms with E-state index in [9.17, 15) is 4.79 Å². The van der Waals surface area contributed by atoms with Crippen LogP contribution in [-0.4, -0.2) is 43.4 Å². The van der Waals surface area contributed by atoms with E-state index in [1.54, 1.807) is 12.1 Å². The Labute approximate surface area is 146 Å². The van der Waals surface area contributed by atoms with Crippen LogP contribution in [0.3, 0.4) is 0 Å². The highest BCUT2D eigenvalue weighted by Crippen LogP contribution is 2.40. The predicted octanol–water partition coefficient (Wildman–Crippen LogP) is 2.22. The maximum atomic E-state index is 11.7. The molecule has 0 atom stereocenters. The van der Waals surface area contributed by atoms with Crippen molar-refractivity contribution in [2.45, 2.75) is 32.7 Å². The van der Waals surface area contributed by atoms with E-state index < -0.39 is 0 Å². The minimum Gasteiger partial charge on any atom is -0.493 e. The molecule has 1 N–H and O–H groups in total. The summed E-state index contributed by atoms with van der Waals surface area (Å²) in [5.74, 6) is 2.21. The van der Waals surface area contributed by atoms with Crippen molar-refractivity contribution in [3.05, 3.63) is 18.0 Å². The number of nitrogens with zero attached hydrogens (tertiary/aromatic N) is 2. The van der Waals surface area contributed by atoms with Gasteiger partial charge < -0.3 is 24.1 Å². The average molecular weight is 349 g/mol. The van der Waals surface area contributed by atoms with E-state index in [4.69, 9.17) is 18.7 Å². The molecule has 8 nitrogen and oxygen atoms in total. The largest absolute Gasteiger partial charge is 0.493 e. The molecule has 0 bridgehead atoms. The summed E-state index contributed by atoms with van der Waals surface area (Å²) < 4.78 is 21.2. The highest BCUT2D eigenvalue weighted by atomic mass is 16.5. The Balaban J connectivity index is 2.17. The number of amides is 1. The van der Waals surface area contributed by atoms with Crippen molar-refractivity contribution in [2.24, 2.45) is 0 Å². The van der Waals surface area contributed by atoms with Gasteiger partial charge in [0.05, 0.1) is 21.3 Å². The van der Waals surface area contributed by atoms with Crippen molar-refractivity contribution in [1.29, 1.82) is 0 Å². The molecule has 0 aliphatic rings. The molecule has 0 spiro atoms. The smallest absolute Gasteiger partial charge is 0.227 e. The Morgan fingerprint density at radius 2 is 1.80 bits per heavy atom. The maximum Gasteiger partial charge on any atom is 0.227 e. The van der Waals surface area contributed by atoms with Gasteiger partial charge in [-0.1, -0.05) is 5.16 Å². The summed E-state index contributed by atoms with van der Waals surface area (Å²) in [6.07, 6.45) is 0.658. The molecule has 1 heterocycles. The lowest BCUT2D eigenvalue weighted by Gasteiger charge is -2.12. The predicted molar refractivity (Wildman–Crippen MR) is 91.0 cm³/mol. The van der Waals surface area contributed by atoms with E-state index in [-0.39, 0.29) is 18.4 Å². The standard InChI is InChI=1S/C17H23N3O5/c1-10(2)18-14(21)6-7-15-19-17(20-25-15)11-8-12(22-3)16(24-5)13(9-11)23-4/h8-10H,6-7H2,1-5H3,(H,18,21). The number of carbonyl (C=O) groups is 1. The average Bonchev–Trinajstić information content (AvgIpc) is 3.07. The lowest BCUT2D eigenvalue weighted by molar-refractivity contribution is -0.121. The summed E-state index contributed by atoms with van der Waals surface area (Å²) in [4.78, 5) is 16.0. The van der Waals surface area contributed by atoms with Crippen molar-refractivity contribution in [2.75, 3.05) is 21.3 Å². The lowest BCUT2D eigenvalue weighted by atomic mass is 10.1. The molecule has 2 rings (SSSR count). The Morgan fingerprint density at radius 3 is 2.32 bits per heavy atom. The summed E-state index contributed by atoms with van der Waals surface area (Å²) in [5, 5.41) is 6.78. The molecular formula is C17H23N3O5. The first-order valence-corrected chi connectivity index (χ1v) is 7.90. The van der Waals surface area contributed by atoms with Crippen LogP contribution in [0.25, 0.3) is 11.4 Å². The fraction of sp³-hybridized carbons (Fsp3) is 0.471. The number of aromatic nitrogens is 2. The summed E-state index contributed by atoms with van der Waals surface area (Å²) in [7, 11) is 4.61. The Bertz CT molecular complexity index is 702. The van der Waals surface area contributed by atoms with Crippen LogP contribution < -0.4 is 19.5 Å². The second-order valence-electron chi connectivity index (χ2n) is 5.65. The van der Waals surface area contributed by atoms with E-state index >= 15 is 0 Å². The van der Waals surface area contributed by atoms with Crippen LogP contribution in [0, 0.1) is 0 Å². The number of aryl methyl sites for hydroxylation is 1. The topological polar surface area (TPSA) is 95.7 Å². The molecule has 0 aliphatic carbocycles. The molecule has 136 valence electrons. The van der Waals surface area contributed by atoms with Crippen LogP contribution in [0.5, 0.6) is 17.2 Å². The van der Waals surface area contributed by atoms with Crippen molar-refractivity contribution < 1.29 is 23.5 Å². The minimum atomic E-state index is -0.0532. The lowest BCUT2D eigenvalue weighted by Crippen LogP contribution is -2.30. The van der Waals surface area contributed by atoms with Crippen molar-refractivity contribution in [1.82, 2.24) is 15.5 Å². The van der Waals surface area contributed by atoms with Gasteiger partial charge in [0.1, 0.15) is 0 Å². The third kappa shape index (κ3) is 4.62. The van der Waals surface area contributed by atoms with E-state index in [0.29, 0.717) is 40.9 Å². The Hall–Kier alpha value is -2.77. The normalized spacial score (nSPS) is 10.6. The highest BCUT2D eigenvalue weighted by molar-refractivity contribution is 5.76. The Kier molecular flexibility index (Phi) is 6.21. The van der Waals surface area contributed by atoms with Crippen molar-refractivity contribution >= 4 is 5.91 Å². The number of hydrogen-bond acceptors (Lipinski definition) is 7. The molecule has 0 unspecified atom stereocenters. The van der Waals surface area contributed by atoms with Crippen molar-refractivity contribution in [3.8, 4) is 28.6 Å². The molecule has 25 heavy (non-hydrogen) atoms. The van der Waals surface area contributed by atoms with Gasteiger partial charge in [-0.3, -0.25) is 4.79 Å². The quantitative estimate of drug-likeness (QED) is 0.780. The monoisotopic (exact) mass is 349 g/mol. The third-order valence-corrected chi connectivity index (χ3v) is 3.41. The third-order valence-electron chi connectivity index (χ3n) is 3.41. The summed E-state index contributed by atoms with van der Waals surface area (Å²) in [6.45, 7) is 3.82. The van der Waals surface area contributed by atoms with Gasteiger partial charge in [0.25, 0.3) is 0 Å². The first-order chi connectivity index (χ1) is 12.0. The number of methoxy groups -OCH3 is 3. The van der Waals surface area contributed by atoms with E-state index in [1.807, 2.05) is 13.8 Å². The minimum absolute atomic E-state index is 0.0532. The number of rotatable bonds is 8. The molecule has 0 radical (unpaired) electrons. The molecule has 1 aromatic carbocycles. The first-order valence-electron chi connectivity index (χ1n) is 7.90. The van der Waals surface area contributed by atoms with Gasteiger partial charge in [-0.15, -0.1) is 0 Å². The van der Waals surface area contributed by atoms with E-state index in [1.165, 1.54) is 21.3 Å². The molecule has 0 saturated heterocycles. The van der Waals surface area contributed by atoms with E-state index in [2.05, 4.69) is 15.5 Å². The van der Waals surface area contributed by atoms with Crippen molar-refractivity contribution in [3.63, 3.8) is 0 Å². The fourth-order valence-electron chi connectivity index (χ4n) is 2.30. The van der Waals surface area contributed by atoms with Gasteiger partial charge in [0.2, 0.25) is 23.4 Å². The zero-order chi connectivity index (χ0) is 18.4. The summed E-state index contributed by atoms with van der Waals surface area (Å²) >= 11 is 0. The fourth-order valence-corrected chi connectivity index (χ4v) is 2.30. The van der Waals surface area contributed by atoms with Gasteiger partial charge in [-0.25, -0.2) is 0 Å². The molecular weight excluding hydrogens is 326 g/mol. The second-order valence-corrected chi connectivity index (χ2v) is 5.65. The van der Waals surface area contributed by atoms with Gasteiger partial charge in [-0.05, 0) is 26.0 Å². The molecule has 0 fully saturated rings. The molecule has 1 aromatic heterocycles. The van der Waals surface area contributed by atoms with Crippen LogP contribution in [0.15, 0.2) is 16.7 Å². The second kappa shape index (κ2) is 8.36. The number of nitrogens with one attached hydrogen (secondary N) is 1. The number of ether oxygens (including phenoxy) is 3. The summed E-state index contributed by atoms with van der Waals surface area (Å²) in [5.41, 5.74) is 0.663. The van der Waals surface area contributed by atoms with Crippen LogP contribution in [0.1, 0.15) is 26.2 Å². The van der Waals surface area contributed by atoms with Gasteiger partial charge in [-0.2, -0.15) is 4.98 Å². The number of hydrogen-bond donors (Lipinski definition) is 1. The zero-order valence-electron chi connectivity index (χ0n) is 15.1. The molecule has 0 saturated carbocycles. The number of benzene rings is 1. The Morgan fingerprint density at radius 1 is 1.16 bits per heavy atom. The molecule has 1 amide bonds. The maximum absolute atomic E-state index is 11.7. The van der Waals surface area contributed by atoms with Crippen LogP contribution in [-0.2, 0) is 11.2 Å². The van der Waals surface area contributed by atoms with E-state index in [0.717, 1.165) is 0 Å². The highest BCUT2D eigenvalue weighted by Gasteiger charge is 2.17. The van der Waals surface area contributed by atoms with Crippen LogP contribution in [0.2, 0.25) is 0 Å².